The first-order valence-corrected chi connectivity index (χ1v) is 12.3. The molecule has 1 aliphatic heterocycles. The highest BCUT2D eigenvalue weighted by molar-refractivity contribution is 7.89. The van der Waals surface area contributed by atoms with Gasteiger partial charge < -0.3 is 10.1 Å². The minimum absolute atomic E-state index is 0.231. The van der Waals surface area contributed by atoms with Crippen LogP contribution in [0.5, 0.6) is 5.75 Å². The Kier molecular flexibility index (Phi) is 6.35. The van der Waals surface area contributed by atoms with Crippen LogP contribution in [0.15, 0.2) is 58.8 Å². The van der Waals surface area contributed by atoms with Crippen molar-refractivity contribution in [3.8, 4) is 5.75 Å². The van der Waals surface area contributed by atoms with Gasteiger partial charge in [0, 0.05) is 24.2 Å². The minimum Gasteiger partial charge on any atom is -0.486 e. The molecule has 9 heteroatoms. The van der Waals surface area contributed by atoms with Crippen LogP contribution in [0.25, 0.3) is 0 Å². The van der Waals surface area contributed by atoms with E-state index in [9.17, 15) is 13.2 Å². The van der Waals surface area contributed by atoms with E-state index in [0.29, 0.717) is 30.1 Å². The van der Waals surface area contributed by atoms with Crippen molar-refractivity contribution in [1.29, 1.82) is 0 Å². The van der Waals surface area contributed by atoms with Gasteiger partial charge in [0.15, 0.2) is 0 Å². The molecule has 1 amide bonds. The van der Waals surface area contributed by atoms with E-state index in [0.717, 1.165) is 23.5 Å². The lowest BCUT2D eigenvalue weighted by atomic mass is 10.2. The Balaban J connectivity index is 1.45. The van der Waals surface area contributed by atoms with E-state index in [4.69, 9.17) is 4.74 Å². The van der Waals surface area contributed by atoms with Gasteiger partial charge in [0.05, 0.1) is 21.2 Å². The number of carbonyl (C=O) groups is 1. The van der Waals surface area contributed by atoms with E-state index in [1.54, 1.807) is 47.7 Å². The lowest BCUT2D eigenvalue weighted by Crippen LogP contribution is -2.27. The molecule has 2 heterocycles. The van der Waals surface area contributed by atoms with Gasteiger partial charge in [-0.25, -0.2) is 13.4 Å². The molecular weight excluding hydrogens is 434 g/mol. The van der Waals surface area contributed by atoms with Gasteiger partial charge in [0.2, 0.25) is 10.0 Å². The highest BCUT2D eigenvalue weighted by atomic mass is 32.2. The number of sulfonamides is 1. The minimum atomic E-state index is -3.48. The van der Waals surface area contributed by atoms with E-state index in [2.05, 4.69) is 10.3 Å². The van der Waals surface area contributed by atoms with Crippen molar-refractivity contribution in [1.82, 2.24) is 9.29 Å². The van der Waals surface area contributed by atoms with Crippen molar-refractivity contribution in [2.45, 2.75) is 31.3 Å². The van der Waals surface area contributed by atoms with Crippen LogP contribution in [-0.4, -0.2) is 36.7 Å². The molecule has 3 aromatic rings. The predicted octanol–water partition coefficient (Wildman–Crippen LogP) is 4.07. The van der Waals surface area contributed by atoms with Crippen LogP contribution in [0, 0.1) is 6.92 Å². The summed E-state index contributed by atoms with van der Waals surface area (Å²) in [6.07, 6.45) is 1.77. The molecule has 162 valence electrons. The van der Waals surface area contributed by atoms with Gasteiger partial charge in [-0.15, -0.1) is 11.3 Å². The van der Waals surface area contributed by atoms with Crippen molar-refractivity contribution in [3.05, 3.63) is 70.2 Å². The molecule has 1 aliphatic rings. The maximum Gasteiger partial charge on any atom is 0.259 e. The summed E-state index contributed by atoms with van der Waals surface area (Å²) in [7, 11) is -3.48. The Morgan fingerprint density at radius 3 is 2.52 bits per heavy atom. The van der Waals surface area contributed by atoms with Crippen molar-refractivity contribution >= 4 is 33.0 Å². The summed E-state index contributed by atoms with van der Waals surface area (Å²) >= 11 is 1.55. The SMILES string of the molecule is Cc1nc(COc2ccccc2C(=O)Nc2ccc(S(=O)(=O)N3CCCC3)cc2)cs1. The topological polar surface area (TPSA) is 88.6 Å². The van der Waals surface area contributed by atoms with Crippen LogP contribution in [0.4, 0.5) is 5.69 Å². The number of aryl methyl sites for hydroxylation is 1. The second kappa shape index (κ2) is 9.17. The number of benzene rings is 2. The molecule has 7 nitrogen and oxygen atoms in total. The first-order valence-electron chi connectivity index (χ1n) is 9.98. The number of anilines is 1. The number of nitrogens with zero attached hydrogens (tertiary/aromatic N) is 2. The lowest BCUT2D eigenvalue weighted by Gasteiger charge is -2.16. The van der Waals surface area contributed by atoms with Crippen LogP contribution in [0.3, 0.4) is 0 Å². The average molecular weight is 458 g/mol. The van der Waals surface area contributed by atoms with Gasteiger partial charge >= 0.3 is 0 Å². The van der Waals surface area contributed by atoms with E-state index < -0.39 is 10.0 Å². The van der Waals surface area contributed by atoms with Crippen LogP contribution in [-0.2, 0) is 16.6 Å². The van der Waals surface area contributed by atoms with Gasteiger partial charge in [-0.3, -0.25) is 4.79 Å². The molecule has 0 spiro atoms. The van der Waals surface area contributed by atoms with Crippen LogP contribution >= 0.6 is 11.3 Å². The highest BCUT2D eigenvalue weighted by Crippen LogP contribution is 2.24. The molecule has 0 atom stereocenters. The van der Waals surface area contributed by atoms with Crippen LogP contribution < -0.4 is 10.1 Å². The Labute approximate surface area is 185 Å². The molecule has 0 bridgehead atoms. The number of rotatable bonds is 7. The fraction of sp³-hybridized carbons (Fsp3) is 0.273. The van der Waals surface area contributed by atoms with E-state index >= 15 is 0 Å². The van der Waals surface area contributed by atoms with Gasteiger partial charge in [-0.05, 0) is 56.2 Å². The van der Waals surface area contributed by atoms with Crippen LogP contribution in [0.2, 0.25) is 0 Å². The van der Waals surface area contributed by atoms with E-state index in [1.807, 2.05) is 12.3 Å². The quantitative estimate of drug-likeness (QED) is 0.578. The predicted molar refractivity (Wildman–Crippen MR) is 120 cm³/mol. The summed E-state index contributed by atoms with van der Waals surface area (Å²) in [6.45, 7) is 3.31. The monoisotopic (exact) mass is 457 g/mol. The maximum absolute atomic E-state index is 12.8. The number of hydrogen-bond acceptors (Lipinski definition) is 6. The molecule has 0 unspecified atom stereocenters. The second-order valence-corrected chi connectivity index (χ2v) is 10.2. The number of hydrogen-bond donors (Lipinski definition) is 1. The average Bonchev–Trinajstić information content (AvgIpc) is 3.45. The molecule has 31 heavy (non-hydrogen) atoms. The number of para-hydroxylation sites is 1. The molecule has 1 saturated heterocycles. The van der Waals surface area contributed by atoms with Crippen molar-refractivity contribution in [3.63, 3.8) is 0 Å². The van der Waals surface area contributed by atoms with Crippen LogP contribution in [0.1, 0.15) is 33.9 Å². The second-order valence-electron chi connectivity index (χ2n) is 7.23. The fourth-order valence-electron chi connectivity index (χ4n) is 3.39. The third-order valence-electron chi connectivity index (χ3n) is 4.99. The van der Waals surface area contributed by atoms with Gasteiger partial charge in [-0.2, -0.15) is 4.31 Å². The largest absolute Gasteiger partial charge is 0.486 e. The molecule has 4 rings (SSSR count). The maximum atomic E-state index is 12.8. The Morgan fingerprint density at radius 2 is 1.84 bits per heavy atom. The molecule has 1 fully saturated rings. The zero-order valence-corrected chi connectivity index (χ0v) is 18.7. The molecule has 0 saturated carbocycles. The lowest BCUT2D eigenvalue weighted by molar-refractivity contribution is 0.102. The number of thiazole rings is 1. The Morgan fingerprint density at radius 1 is 1.13 bits per heavy atom. The Bertz CT molecular complexity index is 1170. The normalized spacial score (nSPS) is 14.5. The first kappa shape index (κ1) is 21.5. The molecule has 1 aromatic heterocycles. The highest BCUT2D eigenvalue weighted by Gasteiger charge is 2.27. The van der Waals surface area contributed by atoms with E-state index in [-0.39, 0.29) is 17.4 Å². The molecule has 1 N–H and O–H groups in total. The summed E-state index contributed by atoms with van der Waals surface area (Å²) < 4.78 is 32.6. The summed E-state index contributed by atoms with van der Waals surface area (Å²) in [4.78, 5) is 17.4. The van der Waals surface area contributed by atoms with Crippen molar-refractivity contribution < 1.29 is 17.9 Å². The van der Waals surface area contributed by atoms with Crippen molar-refractivity contribution in [2.24, 2.45) is 0 Å². The van der Waals surface area contributed by atoms with Gasteiger partial charge in [0.1, 0.15) is 12.4 Å². The molecule has 2 aromatic carbocycles. The van der Waals surface area contributed by atoms with Gasteiger partial charge in [0.25, 0.3) is 5.91 Å². The molecular formula is C22H23N3O4S2. The number of nitrogens with one attached hydrogen (secondary N) is 1. The first-order chi connectivity index (χ1) is 14.9. The standard InChI is InChI=1S/C22H23N3O4S2/c1-16-23-18(15-30-16)14-29-21-7-3-2-6-20(21)22(26)24-17-8-10-19(11-9-17)31(27,28)25-12-4-5-13-25/h2-3,6-11,15H,4-5,12-14H2,1H3,(H,24,26). The third-order valence-corrected chi connectivity index (χ3v) is 7.72. The Hall–Kier alpha value is -2.75. The number of ether oxygens (including phenoxy) is 1. The number of carbonyl (C=O) groups excluding carboxylic acids is 1. The zero-order valence-electron chi connectivity index (χ0n) is 17.1. The molecule has 0 radical (unpaired) electrons. The smallest absolute Gasteiger partial charge is 0.259 e. The summed E-state index contributed by atoms with van der Waals surface area (Å²) in [5.74, 6) is 0.124. The molecule has 0 aliphatic carbocycles. The summed E-state index contributed by atoms with van der Waals surface area (Å²) in [5, 5.41) is 5.69. The summed E-state index contributed by atoms with van der Waals surface area (Å²) in [6, 6.07) is 13.2. The van der Waals surface area contributed by atoms with Gasteiger partial charge in [-0.1, -0.05) is 12.1 Å². The van der Waals surface area contributed by atoms with Crippen molar-refractivity contribution in [2.75, 3.05) is 18.4 Å². The summed E-state index contributed by atoms with van der Waals surface area (Å²) in [5.41, 5.74) is 1.71. The number of amides is 1. The number of aromatic nitrogens is 1. The zero-order chi connectivity index (χ0) is 21.8. The van der Waals surface area contributed by atoms with E-state index in [1.165, 1.54) is 16.4 Å². The fourth-order valence-corrected chi connectivity index (χ4v) is 5.51. The third kappa shape index (κ3) is 4.95.